The van der Waals surface area contributed by atoms with Crippen LogP contribution in [0.15, 0.2) is 18.2 Å². The lowest BCUT2D eigenvalue weighted by molar-refractivity contribution is -0.122. The zero-order valence-corrected chi connectivity index (χ0v) is 15.0. The molecule has 0 spiro atoms. The lowest BCUT2D eigenvalue weighted by atomic mass is 10.0. The van der Waals surface area contributed by atoms with Gasteiger partial charge in [0.25, 0.3) is 0 Å². The number of Topliss-reactive ketones (excluding diaryl/α,β-unsaturated/α-hetero) is 1. The van der Waals surface area contributed by atoms with Crippen molar-refractivity contribution in [2.45, 2.75) is 45.1 Å². The molecule has 1 aliphatic rings. The number of hydrogen-bond acceptors (Lipinski definition) is 5. The van der Waals surface area contributed by atoms with E-state index in [0.29, 0.717) is 49.0 Å². The molecular formula is C19H28N2O4. The normalized spacial score (nSPS) is 19.5. The number of amides is 1. The van der Waals surface area contributed by atoms with Gasteiger partial charge in [0.2, 0.25) is 5.91 Å². The Morgan fingerprint density at radius 2 is 2.08 bits per heavy atom. The number of nitrogens with one attached hydrogen (secondary N) is 1. The second kappa shape index (κ2) is 9.42. The van der Waals surface area contributed by atoms with Crippen LogP contribution < -0.4 is 20.5 Å². The van der Waals surface area contributed by atoms with E-state index in [-0.39, 0.29) is 17.7 Å². The van der Waals surface area contributed by atoms with Crippen LogP contribution >= 0.6 is 0 Å². The molecular weight excluding hydrogens is 320 g/mol. The number of carbonyl (C=O) groups is 2. The second-order valence-corrected chi connectivity index (χ2v) is 6.47. The maximum atomic E-state index is 12.0. The number of nitrogens with two attached hydrogens (primary N) is 1. The van der Waals surface area contributed by atoms with Crippen molar-refractivity contribution in [3.05, 3.63) is 23.8 Å². The number of hydrogen-bond donors (Lipinski definition) is 2. The van der Waals surface area contributed by atoms with E-state index in [0.717, 1.165) is 19.3 Å². The molecule has 1 aromatic carbocycles. The highest BCUT2D eigenvalue weighted by Crippen LogP contribution is 2.28. The Balaban J connectivity index is 1.75. The smallest absolute Gasteiger partial charge is 0.220 e. The first-order valence-corrected chi connectivity index (χ1v) is 8.86. The molecule has 0 aliphatic heterocycles. The van der Waals surface area contributed by atoms with E-state index in [2.05, 4.69) is 5.32 Å². The minimum absolute atomic E-state index is 0.0239. The summed E-state index contributed by atoms with van der Waals surface area (Å²) in [4.78, 5) is 23.4. The molecule has 0 radical (unpaired) electrons. The molecule has 2 unspecified atom stereocenters. The van der Waals surface area contributed by atoms with Crippen LogP contribution in [0, 0.1) is 5.92 Å². The van der Waals surface area contributed by atoms with E-state index >= 15 is 0 Å². The predicted molar refractivity (Wildman–Crippen MR) is 96.1 cm³/mol. The quantitative estimate of drug-likeness (QED) is 0.528. The summed E-state index contributed by atoms with van der Waals surface area (Å²) in [5.74, 6) is 1.53. The number of rotatable bonds is 9. The van der Waals surface area contributed by atoms with Crippen LogP contribution in [0.25, 0.3) is 0 Å². The first kappa shape index (κ1) is 19.2. The van der Waals surface area contributed by atoms with Crippen LogP contribution in [0.4, 0.5) is 0 Å². The predicted octanol–water partition coefficient (Wildman–Crippen LogP) is 2.30. The van der Waals surface area contributed by atoms with Gasteiger partial charge in [-0.3, -0.25) is 9.59 Å². The van der Waals surface area contributed by atoms with Gasteiger partial charge in [-0.2, -0.15) is 0 Å². The molecule has 138 valence electrons. The summed E-state index contributed by atoms with van der Waals surface area (Å²) in [6, 6.07) is 5.31. The zero-order valence-electron chi connectivity index (χ0n) is 15.0. The molecule has 2 rings (SSSR count). The Hall–Kier alpha value is -2.08. The highest BCUT2D eigenvalue weighted by molar-refractivity contribution is 5.94. The number of benzene rings is 1. The fourth-order valence-corrected chi connectivity index (χ4v) is 3.21. The highest BCUT2D eigenvalue weighted by atomic mass is 16.5. The van der Waals surface area contributed by atoms with Crippen LogP contribution in [0.5, 0.6) is 11.5 Å². The van der Waals surface area contributed by atoms with Crippen molar-refractivity contribution in [2.75, 3.05) is 20.3 Å². The first-order chi connectivity index (χ1) is 12.0. The summed E-state index contributed by atoms with van der Waals surface area (Å²) in [6.45, 7) is 2.55. The molecule has 1 aromatic rings. The molecule has 6 heteroatoms. The summed E-state index contributed by atoms with van der Waals surface area (Å²) < 4.78 is 10.9. The fraction of sp³-hybridized carbons (Fsp3) is 0.579. The topological polar surface area (TPSA) is 90.6 Å². The molecule has 0 aromatic heterocycles. The van der Waals surface area contributed by atoms with Crippen molar-refractivity contribution in [2.24, 2.45) is 11.7 Å². The molecule has 6 nitrogen and oxygen atoms in total. The van der Waals surface area contributed by atoms with Gasteiger partial charge in [-0.15, -0.1) is 0 Å². The van der Waals surface area contributed by atoms with Crippen molar-refractivity contribution in [1.29, 1.82) is 0 Å². The molecule has 2 atom stereocenters. The SMILES string of the molecule is COc1cc(C(C)=O)ccc1OCCCC(=O)NC1CCCC1CN. The molecule has 1 amide bonds. The monoisotopic (exact) mass is 348 g/mol. The van der Waals surface area contributed by atoms with Crippen LogP contribution in [-0.2, 0) is 4.79 Å². The van der Waals surface area contributed by atoms with Gasteiger partial charge >= 0.3 is 0 Å². The van der Waals surface area contributed by atoms with E-state index in [1.165, 1.54) is 14.0 Å². The Kier molecular flexibility index (Phi) is 7.25. The molecule has 0 saturated heterocycles. The summed E-state index contributed by atoms with van der Waals surface area (Å²) >= 11 is 0. The van der Waals surface area contributed by atoms with E-state index in [1.807, 2.05) is 0 Å². The lowest BCUT2D eigenvalue weighted by Crippen LogP contribution is -2.39. The van der Waals surface area contributed by atoms with E-state index in [1.54, 1.807) is 18.2 Å². The fourth-order valence-electron chi connectivity index (χ4n) is 3.21. The van der Waals surface area contributed by atoms with E-state index < -0.39 is 0 Å². The molecule has 1 fully saturated rings. The van der Waals surface area contributed by atoms with Crippen molar-refractivity contribution >= 4 is 11.7 Å². The van der Waals surface area contributed by atoms with Gasteiger partial charge in [0.15, 0.2) is 17.3 Å². The van der Waals surface area contributed by atoms with Crippen LogP contribution in [0.1, 0.15) is 49.4 Å². The molecule has 0 bridgehead atoms. The van der Waals surface area contributed by atoms with E-state index in [9.17, 15) is 9.59 Å². The van der Waals surface area contributed by atoms with Gasteiger partial charge in [0, 0.05) is 18.0 Å². The number of ketones is 1. The summed E-state index contributed by atoms with van der Waals surface area (Å²) in [6.07, 6.45) is 4.28. The second-order valence-electron chi connectivity index (χ2n) is 6.47. The number of methoxy groups -OCH3 is 1. The number of carbonyl (C=O) groups excluding carboxylic acids is 2. The van der Waals surface area contributed by atoms with Crippen LogP contribution in [0.2, 0.25) is 0 Å². The largest absolute Gasteiger partial charge is 0.493 e. The molecule has 1 saturated carbocycles. The molecule has 3 N–H and O–H groups in total. The third-order valence-corrected chi connectivity index (χ3v) is 4.68. The minimum atomic E-state index is -0.0239. The summed E-state index contributed by atoms with van der Waals surface area (Å²) in [5.41, 5.74) is 6.32. The van der Waals surface area contributed by atoms with Crippen molar-refractivity contribution in [1.82, 2.24) is 5.32 Å². The van der Waals surface area contributed by atoms with Gasteiger partial charge < -0.3 is 20.5 Å². The average molecular weight is 348 g/mol. The van der Waals surface area contributed by atoms with Crippen molar-refractivity contribution in [3.63, 3.8) is 0 Å². The third-order valence-electron chi connectivity index (χ3n) is 4.68. The summed E-state index contributed by atoms with van der Waals surface area (Å²) in [7, 11) is 1.54. The lowest BCUT2D eigenvalue weighted by Gasteiger charge is -2.19. The van der Waals surface area contributed by atoms with Crippen molar-refractivity contribution in [3.8, 4) is 11.5 Å². The molecule has 1 aliphatic carbocycles. The third kappa shape index (κ3) is 5.46. The Labute approximate surface area is 149 Å². The van der Waals surface area contributed by atoms with Crippen molar-refractivity contribution < 1.29 is 19.1 Å². The standard InChI is InChI=1S/C19H28N2O4/c1-13(22)14-8-9-17(18(11-14)24-2)25-10-4-7-19(23)21-16-6-3-5-15(16)12-20/h8-9,11,15-16H,3-7,10,12,20H2,1-2H3,(H,21,23). The zero-order chi connectivity index (χ0) is 18.2. The van der Waals surface area contributed by atoms with Crippen LogP contribution in [-0.4, -0.2) is 38.0 Å². The Morgan fingerprint density at radius 3 is 2.76 bits per heavy atom. The Bertz CT molecular complexity index is 603. The minimum Gasteiger partial charge on any atom is -0.493 e. The highest BCUT2D eigenvalue weighted by Gasteiger charge is 2.26. The van der Waals surface area contributed by atoms with Crippen LogP contribution in [0.3, 0.4) is 0 Å². The number of ether oxygens (including phenoxy) is 2. The maximum absolute atomic E-state index is 12.0. The Morgan fingerprint density at radius 1 is 1.28 bits per heavy atom. The van der Waals surface area contributed by atoms with Gasteiger partial charge in [-0.1, -0.05) is 6.42 Å². The van der Waals surface area contributed by atoms with Gasteiger partial charge in [0.05, 0.1) is 13.7 Å². The van der Waals surface area contributed by atoms with E-state index in [4.69, 9.17) is 15.2 Å². The maximum Gasteiger partial charge on any atom is 0.220 e. The average Bonchev–Trinajstić information content (AvgIpc) is 3.05. The summed E-state index contributed by atoms with van der Waals surface area (Å²) in [5, 5.41) is 3.08. The first-order valence-electron chi connectivity index (χ1n) is 8.86. The van der Waals surface area contributed by atoms with Gasteiger partial charge in [-0.25, -0.2) is 0 Å². The molecule has 25 heavy (non-hydrogen) atoms. The molecule has 0 heterocycles. The van der Waals surface area contributed by atoms with Gasteiger partial charge in [-0.05, 0) is 56.8 Å². The van der Waals surface area contributed by atoms with Gasteiger partial charge in [0.1, 0.15) is 0 Å².